The minimum atomic E-state index is 0. The molecule has 2 atom stereocenters. The predicted molar refractivity (Wildman–Crippen MR) is 141 cm³/mol. The molecule has 0 radical (unpaired) electrons. The van der Waals surface area contributed by atoms with Crippen molar-refractivity contribution in [2.45, 2.75) is 58.9 Å². The highest BCUT2D eigenvalue weighted by Crippen LogP contribution is 2.17. The first kappa shape index (κ1) is 26.5. The number of hydrogen-bond donors (Lipinski definition) is 2. The van der Waals surface area contributed by atoms with Crippen LogP contribution < -0.4 is 10.6 Å². The summed E-state index contributed by atoms with van der Waals surface area (Å²) in [5.41, 5.74) is 2.91. The third-order valence-corrected chi connectivity index (χ3v) is 6.03. The fourth-order valence-corrected chi connectivity index (χ4v) is 4.42. The van der Waals surface area contributed by atoms with Crippen LogP contribution in [-0.4, -0.2) is 54.1 Å². The molecule has 0 spiro atoms. The number of rotatable bonds is 6. The van der Waals surface area contributed by atoms with Gasteiger partial charge in [0.25, 0.3) is 5.91 Å². The number of aliphatic imine (C=N–C) groups is 1. The van der Waals surface area contributed by atoms with Crippen molar-refractivity contribution in [2.75, 3.05) is 20.1 Å². The molecule has 1 saturated heterocycles. The summed E-state index contributed by atoms with van der Waals surface area (Å²) in [4.78, 5) is 23.6. The Morgan fingerprint density at radius 1 is 1.19 bits per heavy atom. The molecule has 1 aliphatic heterocycles. The maximum absolute atomic E-state index is 12.8. The zero-order chi connectivity index (χ0) is 22.4. The zero-order valence-corrected chi connectivity index (χ0v) is 22.6. The lowest BCUT2D eigenvalue weighted by Crippen LogP contribution is -2.48. The summed E-state index contributed by atoms with van der Waals surface area (Å²) in [6, 6.07) is 7.75. The van der Waals surface area contributed by atoms with Gasteiger partial charge in [-0.05, 0) is 37.5 Å². The summed E-state index contributed by atoms with van der Waals surface area (Å²) >= 11 is 1.66. The molecule has 7 nitrogen and oxygen atoms in total. The summed E-state index contributed by atoms with van der Waals surface area (Å²) < 4.78 is 5.72. The number of hydrogen-bond acceptors (Lipinski definition) is 5. The van der Waals surface area contributed by atoms with Crippen LogP contribution >= 0.6 is 35.3 Å². The number of nitrogens with one attached hydrogen (secondary N) is 2. The molecule has 2 unspecified atom stereocenters. The number of guanidine groups is 1. The van der Waals surface area contributed by atoms with Crippen molar-refractivity contribution in [1.29, 1.82) is 0 Å². The number of carbonyl (C=O) groups excluding carboxylic acids is 1. The summed E-state index contributed by atoms with van der Waals surface area (Å²) in [7, 11) is 1.75. The van der Waals surface area contributed by atoms with Gasteiger partial charge in [0.2, 0.25) is 0 Å². The standard InChI is InChI=1S/C23H33N5O2S.HI/c1-15(2)20-14-31-21(27-20)11-26-23(24-5)25-10-18-6-8-19(9-7-18)22(29)28-12-16(3)30-17(4)13-28;/h6-9,14-17H,10-13H2,1-5H3,(H2,24,25,26);1H. The monoisotopic (exact) mass is 571 g/mol. The molecule has 0 saturated carbocycles. The molecule has 3 rings (SSSR count). The third kappa shape index (κ3) is 7.41. The SMILES string of the molecule is CN=C(NCc1ccc(C(=O)N2CC(C)OC(C)C2)cc1)NCc1nc(C(C)C)cs1.I. The largest absolute Gasteiger partial charge is 0.372 e. The van der Waals surface area contributed by atoms with Crippen LogP contribution in [0.2, 0.25) is 0 Å². The second-order valence-electron chi connectivity index (χ2n) is 8.26. The number of morpholine rings is 1. The Kier molecular flexibility index (Phi) is 10.4. The van der Waals surface area contributed by atoms with Gasteiger partial charge in [-0.25, -0.2) is 4.98 Å². The Morgan fingerprint density at radius 3 is 2.38 bits per heavy atom. The topological polar surface area (TPSA) is 78.9 Å². The van der Waals surface area contributed by atoms with Crippen LogP contribution in [-0.2, 0) is 17.8 Å². The molecule has 1 aromatic heterocycles. The van der Waals surface area contributed by atoms with Crippen LogP contribution in [0.15, 0.2) is 34.6 Å². The average Bonchev–Trinajstić information content (AvgIpc) is 3.22. The van der Waals surface area contributed by atoms with E-state index in [4.69, 9.17) is 4.74 Å². The molecule has 2 aromatic rings. The van der Waals surface area contributed by atoms with E-state index in [1.165, 1.54) is 0 Å². The second kappa shape index (κ2) is 12.5. The van der Waals surface area contributed by atoms with E-state index in [2.05, 4.69) is 39.8 Å². The summed E-state index contributed by atoms with van der Waals surface area (Å²) in [6.45, 7) is 10.8. The normalized spacial score (nSPS) is 18.9. The molecular weight excluding hydrogens is 537 g/mol. The number of halogens is 1. The fourth-order valence-electron chi connectivity index (χ4n) is 3.53. The second-order valence-corrected chi connectivity index (χ2v) is 9.21. The van der Waals surface area contributed by atoms with Gasteiger partial charge in [0.1, 0.15) is 5.01 Å². The molecular formula is C23H34IN5O2S. The van der Waals surface area contributed by atoms with E-state index in [0.717, 1.165) is 22.2 Å². The van der Waals surface area contributed by atoms with Crippen molar-refractivity contribution in [3.8, 4) is 0 Å². The maximum Gasteiger partial charge on any atom is 0.254 e. The summed E-state index contributed by atoms with van der Waals surface area (Å²) in [5.74, 6) is 1.22. The lowest BCUT2D eigenvalue weighted by molar-refractivity contribution is -0.0586. The highest BCUT2D eigenvalue weighted by atomic mass is 127. The Labute approximate surface area is 212 Å². The molecule has 0 bridgehead atoms. The van der Waals surface area contributed by atoms with Crippen molar-refractivity contribution in [2.24, 2.45) is 4.99 Å². The Bertz CT molecular complexity index is 890. The predicted octanol–water partition coefficient (Wildman–Crippen LogP) is 4.00. The van der Waals surface area contributed by atoms with E-state index >= 15 is 0 Å². The van der Waals surface area contributed by atoms with Crippen LogP contribution in [0, 0.1) is 0 Å². The Balaban J connectivity index is 0.00000363. The Hall–Kier alpha value is -1.72. The van der Waals surface area contributed by atoms with E-state index in [1.54, 1.807) is 18.4 Å². The number of aromatic nitrogens is 1. The van der Waals surface area contributed by atoms with E-state index < -0.39 is 0 Å². The minimum absolute atomic E-state index is 0. The number of amides is 1. The Morgan fingerprint density at radius 2 is 1.81 bits per heavy atom. The number of benzene rings is 1. The van der Waals surface area contributed by atoms with Gasteiger partial charge < -0.3 is 20.3 Å². The van der Waals surface area contributed by atoms with Crippen LogP contribution in [0.25, 0.3) is 0 Å². The highest BCUT2D eigenvalue weighted by Gasteiger charge is 2.26. The molecule has 2 heterocycles. The van der Waals surface area contributed by atoms with Gasteiger partial charge in [-0.15, -0.1) is 35.3 Å². The molecule has 32 heavy (non-hydrogen) atoms. The molecule has 176 valence electrons. The zero-order valence-electron chi connectivity index (χ0n) is 19.4. The fraction of sp³-hybridized carbons (Fsp3) is 0.522. The number of nitrogens with zero attached hydrogens (tertiary/aromatic N) is 3. The van der Waals surface area contributed by atoms with Crippen LogP contribution in [0.5, 0.6) is 0 Å². The van der Waals surface area contributed by atoms with E-state index in [0.29, 0.717) is 37.7 Å². The van der Waals surface area contributed by atoms with Gasteiger partial charge >= 0.3 is 0 Å². The maximum atomic E-state index is 12.8. The lowest BCUT2D eigenvalue weighted by atomic mass is 10.1. The van der Waals surface area contributed by atoms with Crippen LogP contribution in [0.1, 0.15) is 60.2 Å². The first-order valence-corrected chi connectivity index (χ1v) is 11.7. The summed E-state index contributed by atoms with van der Waals surface area (Å²) in [5, 5.41) is 9.77. The molecule has 1 amide bonds. The van der Waals surface area contributed by atoms with Gasteiger partial charge in [0.15, 0.2) is 5.96 Å². The van der Waals surface area contributed by atoms with Crippen molar-refractivity contribution in [3.63, 3.8) is 0 Å². The van der Waals surface area contributed by atoms with Crippen molar-refractivity contribution in [1.82, 2.24) is 20.5 Å². The number of thiazole rings is 1. The highest BCUT2D eigenvalue weighted by molar-refractivity contribution is 14.0. The van der Waals surface area contributed by atoms with Crippen molar-refractivity contribution < 1.29 is 9.53 Å². The minimum Gasteiger partial charge on any atom is -0.372 e. The average molecular weight is 572 g/mol. The van der Waals surface area contributed by atoms with Gasteiger partial charge in [-0.1, -0.05) is 26.0 Å². The molecule has 9 heteroatoms. The molecule has 2 N–H and O–H groups in total. The van der Waals surface area contributed by atoms with Gasteiger partial charge in [-0.3, -0.25) is 9.79 Å². The van der Waals surface area contributed by atoms with E-state index in [1.807, 2.05) is 43.0 Å². The third-order valence-electron chi connectivity index (χ3n) is 5.16. The van der Waals surface area contributed by atoms with Crippen molar-refractivity contribution in [3.05, 3.63) is 51.5 Å². The van der Waals surface area contributed by atoms with Gasteiger partial charge in [-0.2, -0.15) is 0 Å². The molecule has 0 aliphatic carbocycles. The van der Waals surface area contributed by atoms with E-state index in [9.17, 15) is 4.79 Å². The smallest absolute Gasteiger partial charge is 0.254 e. The first-order chi connectivity index (χ1) is 14.9. The summed E-state index contributed by atoms with van der Waals surface area (Å²) in [6.07, 6.45) is 0.133. The number of ether oxygens (including phenoxy) is 1. The van der Waals surface area contributed by atoms with Crippen LogP contribution in [0.3, 0.4) is 0 Å². The molecule has 1 aromatic carbocycles. The quantitative estimate of drug-likeness (QED) is 0.312. The van der Waals surface area contributed by atoms with Crippen LogP contribution in [0.4, 0.5) is 0 Å². The lowest BCUT2D eigenvalue weighted by Gasteiger charge is -2.35. The van der Waals surface area contributed by atoms with Gasteiger partial charge in [0.05, 0.1) is 24.4 Å². The number of carbonyl (C=O) groups is 1. The molecule has 1 fully saturated rings. The molecule has 1 aliphatic rings. The first-order valence-electron chi connectivity index (χ1n) is 10.8. The van der Waals surface area contributed by atoms with Gasteiger partial charge in [0, 0.05) is 37.6 Å². The van der Waals surface area contributed by atoms with E-state index in [-0.39, 0.29) is 42.1 Å². The van der Waals surface area contributed by atoms with Crippen molar-refractivity contribution >= 4 is 47.2 Å².